The molecule has 8 atom stereocenters. The number of ether oxygens (including phenoxy) is 8. The monoisotopic (exact) mass is 712 g/mol. The van der Waals surface area contributed by atoms with Gasteiger partial charge in [0.25, 0.3) is 8.32 Å². The fourth-order valence-corrected chi connectivity index (χ4v) is 12.1. The third kappa shape index (κ3) is 7.25. The number of carbonyl (C=O) groups excluding carboxylic acids is 1. The summed E-state index contributed by atoms with van der Waals surface area (Å²) in [7, 11) is -2.95. The molecule has 11 nitrogen and oxygen atoms in total. The molecule has 50 heavy (non-hydrogen) atoms. The highest BCUT2D eigenvalue weighted by Crippen LogP contribution is 2.43. The molecule has 6 rings (SSSR count). The predicted octanol–water partition coefficient (Wildman–Crippen LogP) is 3.94. The van der Waals surface area contributed by atoms with E-state index in [2.05, 4.69) is 51.6 Å². The Labute approximate surface area is 296 Å². The van der Waals surface area contributed by atoms with Gasteiger partial charge < -0.3 is 47.4 Å². The molecule has 274 valence electrons. The maximum atomic E-state index is 13.8. The van der Waals surface area contributed by atoms with Crippen LogP contribution in [-0.2, 0) is 47.1 Å². The molecule has 2 aromatic rings. The maximum absolute atomic E-state index is 13.8. The number of rotatable bonds is 10. The Kier molecular flexibility index (Phi) is 10.1. The lowest BCUT2D eigenvalue weighted by molar-refractivity contribution is -0.235. The third-order valence-corrected chi connectivity index (χ3v) is 14.7. The maximum Gasteiger partial charge on any atom is 0.336 e. The Bertz CT molecular complexity index is 1480. The molecule has 4 fully saturated rings. The summed E-state index contributed by atoms with van der Waals surface area (Å²) in [4.78, 5) is 13.8. The average molecular weight is 713 g/mol. The minimum atomic E-state index is -2.95. The van der Waals surface area contributed by atoms with Gasteiger partial charge in [-0.1, -0.05) is 88.0 Å². The van der Waals surface area contributed by atoms with E-state index in [9.17, 15) is 9.90 Å². The van der Waals surface area contributed by atoms with E-state index in [0.717, 1.165) is 10.4 Å². The number of benzene rings is 2. The van der Waals surface area contributed by atoms with Crippen LogP contribution in [-0.4, -0.2) is 99.0 Å². The summed E-state index contributed by atoms with van der Waals surface area (Å²) in [5.74, 6) is -3.69. The smallest absolute Gasteiger partial charge is 0.336 e. The molecule has 0 spiro atoms. The van der Waals surface area contributed by atoms with E-state index in [4.69, 9.17) is 42.3 Å². The molecular weight excluding hydrogens is 660 g/mol. The van der Waals surface area contributed by atoms with Crippen LogP contribution in [0.1, 0.15) is 62.3 Å². The van der Waals surface area contributed by atoms with Crippen molar-refractivity contribution in [2.75, 3.05) is 13.2 Å². The highest BCUT2D eigenvalue weighted by atomic mass is 28.4. The standard InChI is InChI=1S/C38H52O11Si/c1-23(33(40)43-31-30(26-21-41-36(5,6)45-26)44-34-32(31)48-38(9,10)49-34)28(39)29-27(46-37(7,8)47-29)22-42-50(35(2,3)4,24-17-13-11-14-18-24)25-19-15-12-16-20-25/h11-20,26-32,34,39H,1,21-22H2,2-10H3/t26-,27+,28+,29-,30-,31+,32-,34-/m1/s1. The van der Waals surface area contributed by atoms with Crippen LogP contribution < -0.4 is 10.4 Å². The number of fused-ring (bicyclic) bond motifs is 1. The van der Waals surface area contributed by atoms with Gasteiger partial charge in [0.05, 0.1) is 18.8 Å². The fourth-order valence-electron chi connectivity index (χ4n) is 7.56. The van der Waals surface area contributed by atoms with Crippen molar-refractivity contribution in [2.45, 2.75) is 134 Å². The number of hydrogen-bond donors (Lipinski definition) is 1. The zero-order chi connectivity index (χ0) is 36.3. The minimum absolute atomic E-state index is 0.0954. The summed E-state index contributed by atoms with van der Waals surface area (Å²) in [5, 5.41) is 13.7. The van der Waals surface area contributed by atoms with Gasteiger partial charge in [0, 0.05) is 0 Å². The molecule has 12 heteroatoms. The minimum Gasteiger partial charge on any atom is -0.453 e. The van der Waals surface area contributed by atoms with E-state index < -0.39 is 80.7 Å². The van der Waals surface area contributed by atoms with Gasteiger partial charge in [-0.05, 0) is 57.0 Å². The Hall–Kier alpha value is -2.49. The zero-order valence-electron chi connectivity index (χ0n) is 30.5. The number of esters is 1. The fraction of sp³-hybridized carbons (Fsp3) is 0.605. The van der Waals surface area contributed by atoms with Crippen molar-refractivity contribution in [1.29, 1.82) is 0 Å². The van der Waals surface area contributed by atoms with E-state index in [1.165, 1.54) is 0 Å². The normalized spacial score (nSPS) is 32.1. The Morgan fingerprint density at radius 1 is 0.860 bits per heavy atom. The summed E-state index contributed by atoms with van der Waals surface area (Å²) in [6.07, 6.45) is -6.92. The van der Waals surface area contributed by atoms with Crippen molar-refractivity contribution in [3.63, 3.8) is 0 Å². The van der Waals surface area contributed by atoms with Gasteiger partial charge in [0.15, 0.2) is 35.9 Å². The first-order chi connectivity index (χ1) is 23.3. The molecule has 0 aromatic heterocycles. The molecule has 1 N–H and O–H groups in total. The highest BCUT2D eigenvalue weighted by Gasteiger charge is 2.60. The molecule has 0 radical (unpaired) electrons. The van der Waals surface area contributed by atoms with Crippen LogP contribution in [0.3, 0.4) is 0 Å². The molecule has 2 aromatic carbocycles. The lowest BCUT2D eigenvalue weighted by Crippen LogP contribution is -2.67. The largest absolute Gasteiger partial charge is 0.453 e. The van der Waals surface area contributed by atoms with Crippen LogP contribution in [0, 0.1) is 0 Å². The molecule has 4 aliphatic rings. The van der Waals surface area contributed by atoms with Crippen molar-refractivity contribution in [2.24, 2.45) is 0 Å². The molecule has 4 aliphatic heterocycles. The Morgan fingerprint density at radius 3 is 1.98 bits per heavy atom. The SMILES string of the molecule is C=C(C(=O)O[C@@H]1[C@H]2OC(C)(C)O[C@H]2O[C@@H]1[C@H]1COC(C)(C)O1)[C@H](O)[C@@H]1OC(C)(C)O[C@H]1CO[Si](c1ccccc1)(c1ccccc1)C(C)(C)C. The van der Waals surface area contributed by atoms with Gasteiger partial charge in [-0.15, -0.1) is 0 Å². The third-order valence-electron chi connectivity index (χ3n) is 9.70. The van der Waals surface area contributed by atoms with Gasteiger partial charge >= 0.3 is 5.97 Å². The van der Waals surface area contributed by atoms with Gasteiger partial charge in [0.2, 0.25) is 0 Å². The van der Waals surface area contributed by atoms with Crippen molar-refractivity contribution < 1.29 is 52.2 Å². The van der Waals surface area contributed by atoms with Crippen LogP contribution in [0.15, 0.2) is 72.8 Å². The van der Waals surface area contributed by atoms with E-state index in [1.54, 1.807) is 41.5 Å². The molecule has 4 saturated heterocycles. The van der Waals surface area contributed by atoms with Crippen molar-refractivity contribution in [1.82, 2.24) is 0 Å². The number of carbonyl (C=O) groups is 1. The van der Waals surface area contributed by atoms with Gasteiger partial charge in [0.1, 0.15) is 30.5 Å². The Balaban J connectivity index is 1.22. The van der Waals surface area contributed by atoms with Crippen LogP contribution in [0.5, 0.6) is 0 Å². The van der Waals surface area contributed by atoms with Crippen LogP contribution in [0.4, 0.5) is 0 Å². The number of hydrogen-bond acceptors (Lipinski definition) is 11. The van der Waals surface area contributed by atoms with Crippen molar-refractivity contribution >= 4 is 24.7 Å². The molecule has 0 bridgehead atoms. The van der Waals surface area contributed by atoms with Gasteiger partial charge in [-0.3, -0.25) is 0 Å². The topological polar surface area (TPSA) is 120 Å². The predicted molar refractivity (Wildman–Crippen MR) is 186 cm³/mol. The molecule has 4 heterocycles. The second-order valence-electron chi connectivity index (χ2n) is 15.9. The molecule has 0 saturated carbocycles. The Morgan fingerprint density at radius 2 is 1.44 bits per heavy atom. The molecular formula is C38H52O11Si. The lowest BCUT2D eigenvalue weighted by atomic mass is 10.0. The van der Waals surface area contributed by atoms with Crippen molar-refractivity contribution in [3.05, 3.63) is 72.8 Å². The van der Waals surface area contributed by atoms with Gasteiger partial charge in [-0.2, -0.15) is 0 Å². The zero-order valence-corrected chi connectivity index (χ0v) is 31.5. The first kappa shape index (κ1) is 37.3. The average Bonchev–Trinajstić information content (AvgIpc) is 3.75. The lowest BCUT2D eigenvalue weighted by Gasteiger charge is -2.43. The highest BCUT2D eigenvalue weighted by molar-refractivity contribution is 6.99. The first-order valence-electron chi connectivity index (χ1n) is 17.3. The first-order valence-corrected chi connectivity index (χ1v) is 19.2. The summed E-state index contributed by atoms with van der Waals surface area (Å²) in [5.41, 5.74) is -0.198. The van der Waals surface area contributed by atoms with Crippen molar-refractivity contribution in [3.8, 4) is 0 Å². The van der Waals surface area contributed by atoms with E-state index in [-0.39, 0.29) is 23.8 Å². The van der Waals surface area contributed by atoms with E-state index >= 15 is 0 Å². The summed E-state index contributed by atoms with van der Waals surface area (Å²) in [6.45, 7) is 21.5. The summed E-state index contributed by atoms with van der Waals surface area (Å²) >= 11 is 0. The molecule has 0 amide bonds. The molecule has 0 aliphatic carbocycles. The van der Waals surface area contributed by atoms with E-state index in [1.807, 2.05) is 36.4 Å². The summed E-state index contributed by atoms with van der Waals surface area (Å²) in [6, 6.07) is 20.5. The van der Waals surface area contributed by atoms with E-state index in [0.29, 0.717) is 0 Å². The van der Waals surface area contributed by atoms with Crippen LogP contribution in [0.2, 0.25) is 5.04 Å². The summed E-state index contributed by atoms with van der Waals surface area (Å²) < 4.78 is 55.8. The van der Waals surface area contributed by atoms with Crippen LogP contribution >= 0.6 is 0 Å². The van der Waals surface area contributed by atoms with Gasteiger partial charge in [-0.25, -0.2) is 4.79 Å². The van der Waals surface area contributed by atoms with Crippen LogP contribution in [0.25, 0.3) is 0 Å². The second-order valence-corrected chi connectivity index (χ2v) is 20.2. The number of aliphatic hydroxyl groups is 1. The molecule has 0 unspecified atom stereocenters. The number of aliphatic hydroxyl groups excluding tert-OH is 1. The quantitative estimate of drug-likeness (QED) is 0.219. The second kappa shape index (κ2) is 13.5.